The predicted octanol–water partition coefficient (Wildman–Crippen LogP) is 3.33. The van der Waals surface area contributed by atoms with Crippen LogP contribution in [-0.2, 0) is 9.59 Å². The van der Waals surface area contributed by atoms with Crippen molar-refractivity contribution >= 4 is 40.2 Å². The number of thioether (sulfide) groups is 1. The molecule has 134 valence electrons. The molecule has 0 atom stereocenters. The van der Waals surface area contributed by atoms with Gasteiger partial charge in [0.05, 0.1) is 12.3 Å². The molecule has 2 aromatic carbocycles. The van der Waals surface area contributed by atoms with Crippen LogP contribution in [0.5, 0.6) is 0 Å². The SMILES string of the molecule is Cc1cc(NC(=O)CN(C)C(=O)CSc2ccc3ccccc3c2)no1. The van der Waals surface area contributed by atoms with E-state index in [1.165, 1.54) is 22.0 Å². The van der Waals surface area contributed by atoms with Gasteiger partial charge in [-0.15, -0.1) is 11.8 Å². The molecule has 1 heterocycles. The van der Waals surface area contributed by atoms with E-state index in [0.717, 1.165) is 10.3 Å². The van der Waals surface area contributed by atoms with Crippen molar-refractivity contribution in [3.63, 3.8) is 0 Å². The fraction of sp³-hybridized carbons (Fsp3) is 0.211. The lowest BCUT2D eigenvalue weighted by Crippen LogP contribution is -2.36. The Labute approximate surface area is 155 Å². The number of benzene rings is 2. The first-order chi connectivity index (χ1) is 12.5. The minimum Gasteiger partial charge on any atom is -0.360 e. The summed E-state index contributed by atoms with van der Waals surface area (Å²) in [4.78, 5) is 26.6. The second-order valence-electron chi connectivity index (χ2n) is 5.92. The lowest BCUT2D eigenvalue weighted by atomic mass is 10.1. The van der Waals surface area contributed by atoms with E-state index < -0.39 is 0 Å². The fourth-order valence-electron chi connectivity index (χ4n) is 2.42. The Morgan fingerprint density at radius 1 is 1.15 bits per heavy atom. The van der Waals surface area contributed by atoms with Crippen LogP contribution in [0.4, 0.5) is 5.82 Å². The van der Waals surface area contributed by atoms with Gasteiger partial charge in [-0.3, -0.25) is 9.59 Å². The van der Waals surface area contributed by atoms with Crippen LogP contribution in [0, 0.1) is 6.92 Å². The van der Waals surface area contributed by atoms with E-state index in [-0.39, 0.29) is 24.1 Å². The molecule has 0 radical (unpaired) electrons. The highest BCUT2D eigenvalue weighted by atomic mass is 32.2. The summed E-state index contributed by atoms with van der Waals surface area (Å²) < 4.78 is 4.89. The summed E-state index contributed by atoms with van der Waals surface area (Å²) in [6, 6.07) is 15.8. The molecule has 3 aromatic rings. The number of carbonyl (C=O) groups excluding carboxylic acids is 2. The van der Waals surface area contributed by atoms with Gasteiger partial charge in [0.2, 0.25) is 11.8 Å². The van der Waals surface area contributed by atoms with Crippen LogP contribution in [0.1, 0.15) is 5.76 Å². The first-order valence-electron chi connectivity index (χ1n) is 8.10. The van der Waals surface area contributed by atoms with Gasteiger partial charge in [-0.05, 0) is 29.8 Å². The third-order valence-electron chi connectivity index (χ3n) is 3.79. The number of aryl methyl sites for hydroxylation is 1. The van der Waals surface area contributed by atoms with Crippen LogP contribution < -0.4 is 5.32 Å². The topological polar surface area (TPSA) is 75.4 Å². The van der Waals surface area contributed by atoms with Crippen LogP contribution in [0.15, 0.2) is 57.9 Å². The van der Waals surface area contributed by atoms with E-state index in [0.29, 0.717) is 11.6 Å². The fourth-order valence-corrected chi connectivity index (χ4v) is 3.31. The summed E-state index contributed by atoms with van der Waals surface area (Å²) in [6.07, 6.45) is 0. The quantitative estimate of drug-likeness (QED) is 0.675. The van der Waals surface area contributed by atoms with E-state index in [9.17, 15) is 9.59 Å². The van der Waals surface area contributed by atoms with Gasteiger partial charge in [0.25, 0.3) is 0 Å². The highest BCUT2D eigenvalue weighted by molar-refractivity contribution is 8.00. The van der Waals surface area contributed by atoms with Gasteiger partial charge in [-0.25, -0.2) is 0 Å². The number of amides is 2. The molecule has 0 saturated heterocycles. The maximum atomic E-state index is 12.3. The molecule has 0 aliphatic heterocycles. The molecule has 0 saturated carbocycles. The summed E-state index contributed by atoms with van der Waals surface area (Å²) in [5.41, 5.74) is 0. The average molecular weight is 369 g/mol. The molecule has 0 aliphatic rings. The maximum Gasteiger partial charge on any atom is 0.245 e. The summed E-state index contributed by atoms with van der Waals surface area (Å²) in [7, 11) is 1.61. The second-order valence-corrected chi connectivity index (χ2v) is 6.97. The largest absolute Gasteiger partial charge is 0.360 e. The van der Waals surface area contributed by atoms with Gasteiger partial charge in [0.1, 0.15) is 5.76 Å². The molecule has 0 fully saturated rings. The Bertz CT molecular complexity index is 938. The van der Waals surface area contributed by atoms with Crippen molar-refractivity contribution in [1.29, 1.82) is 0 Å². The number of anilines is 1. The Kier molecular flexibility index (Phi) is 5.58. The zero-order valence-corrected chi connectivity index (χ0v) is 15.4. The van der Waals surface area contributed by atoms with Crippen molar-refractivity contribution < 1.29 is 14.1 Å². The average Bonchev–Trinajstić information content (AvgIpc) is 3.03. The van der Waals surface area contributed by atoms with Crippen LogP contribution in [0.2, 0.25) is 0 Å². The van der Waals surface area contributed by atoms with Gasteiger partial charge < -0.3 is 14.7 Å². The van der Waals surface area contributed by atoms with E-state index in [2.05, 4.69) is 22.6 Å². The predicted molar refractivity (Wildman–Crippen MR) is 102 cm³/mol. The van der Waals surface area contributed by atoms with Crippen LogP contribution in [-0.4, -0.2) is 41.2 Å². The maximum absolute atomic E-state index is 12.3. The van der Waals surface area contributed by atoms with Crippen molar-refractivity contribution in [3.8, 4) is 0 Å². The zero-order chi connectivity index (χ0) is 18.5. The van der Waals surface area contributed by atoms with Crippen LogP contribution in [0.3, 0.4) is 0 Å². The lowest BCUT2D eigenvalue weighted by Gasteiger charge is -2.16. The second kappa shape index (κ2) is 8.05. The number of hydrogen-bond acceptors (Lipinski definition) is 5. The summed E-state index contributed by atoms with van der Waals surface area (Å²) in [6.45, 7) is 1.70. The molecule has 7 heteroatoms. The molecule has 3 rings (SSSR count). The van der Waals surface area contributed by atoms with Crippen molar-refractivity contribution in [2.75, 3.05) is 24.7 Å². The van der Waals surface area contributed by atoms with Crippen molar-refractivity contribution in [3.05, 3.63) is 54.3 Å². The molecule has 26 heavy (non-hydrogen) atoms. The van der Waals surface area contributed by atoms with Gasteiger partial charge >= 0.3 is 0 Å². The first kappa shape index (κ1) is 18.0. The third kappa shape index (κ3) is 4.64. The summed E-state index contributed by atoms with van der Waals surface area (Å²) in [5, 5.41) is 8.60. The summed E-state index contributed by atoms with van der Waals surface area (Å²) in [5.74, 6) is 0.792. The molecular formula is C19H19N3O3S. The zero-order valence-electron chi connectivity index (χ0n) is 14.6. The van der Waals surface area contributed by atoms with E-state index >= 15 is 0 Å². The number of nitrogens with zero attached hydrogens (tertiary/aromatic N) is 2. The molecule has 0 aliphatic carbocycles. The smallest absolute Gasteiger partial charge is 0.245 e. The van der Waals surface area contributed by atoms with Crippen molar-refractivity contribution in [2.24, 2.45) is 0 Å². The molecule has 0 spiro atoms. The molecule has 0 bridgehead atoms. The van der Waals surface area contributed by atoms with Crippen molar-refractivity contribution in [2.45, 2.75) is 11.8 Å². The minimum atomic E-state index is -0.315. The lowest BCUT2D eigenvalue weighted by molar-refractivity contribution is -0.131. The monoisotopic (exact) mass is 369 g/mol. The number of hydrogen-bond donors (Lipinski definition) is 1. The van der Waals surface area contributed by atoms with Gasteiger partial charge in [-0.1, -0.05) is 35.5 Å². The number of aromatic nitrogens is 1. The van der Waals surface area contributed by atoms with E-state index in [1.54, 1.807) is 20.0 Å². The molecular weight excluding hydrogens is 350 g/mol. The number of fused-ring (bicyclic) bond motifs is 1. The molecule has 0 unspecified atom stereocenters. The number of carbonyl (C=O) groups is 2. The van der Waals surface area contributed by atoms with Crippen LogP contribution >= 0.6 is 11.8 Å². The van der Waals surface area contributed by atoms with Crippen LogP contribution in [0.25, 0.3) is 10.8 Å². The standard InChI is InChI=1S/C19H19N3O3S/c1-13-9-17(21-25-13)20-18(23)11-22(2)19(24)12-26-16-8-7-14-5-3-4-6-15(14)10-16/h3-10H,11-12H2,1-2H3,(H,20,21,23). The Balaban J connectivity index is 1.50. The third-order valence-corrected chi connectivity index (χ3v) is 4.76. The number of nitrogens with one attached hydrogen (secondary N) is 1. The number of likely N-dealkylation sites (N-methyl/N-ethyl adjacent to an activating group) is 1. The highest BCUT2D eigenvalue weighted by Crippen LogP contribution is 2.23. The van der Waals surface area contributed by atoms with Gasteiger partial charge in [-0.2, -0.15) is 0 Å². The van der Waals surface area contributed by atoms with E-state index in [1.807, 2.05) is 30.3 Å². The van der Waals surface area contributed by atoms with Gasteiger partial charge in [0.15, 0.2) is 5.82 Å². The molecule has 2 amide bonds. The summed E-state index contributed by atoms with van der Waals surface area (Å²) >= 11 is 1.46. The Morgan fingerprint density at radius 2 is 1.92 bits per heavy atom. The normalized spacial score (nSPS) is 10.7. The Morgan fingerprint density at radius 3 is 2.65 bits per heavy atom. The van der Waals surface area contributed by atoms with E-state index in [4.69, 9.17) is 4.52 Å². The molecule has 6 nitrogen and oxygen atoms in total. The minimum absolute atomic E-state index is 0.0387. The van der Waals surface area contributed by atoms with Gasteiger partial charge in [0, 0.05) is 18.0 Å². The number of rotatable bonds is 6. The van der Waals surface area contributed by atoms with Crippen molar-refractivity contribution in [1.82, 2.24) is 10.1 Å². The first-order valence-corrected chi connectivity index (χ1v) is 9.08. The molecule has 1 N–H and O–H groups in total. The Hall–Kier alpha value is -2.80. The highest BCUT2D eigenvalue weighted by Gasteiger charge is 2.14. The molecule has 1 aromatic heterocycles.